The van der Waals surface area contributed by atoms with Gasteiger partial charge in [0, 0.05) is 38.4 Å². The van der Waals surface area contributed by atoms with Gasteiger partial charge in [-0.2, -0.15) is 0 Å². The second kappa shape index (κ2) is 10.8. The van der Waals surface area contributed by atoms with Crippen LogP contribution in [-0.4, -0.2) is 35.0 Å². The lowest BCUT2D eigenvalue weighted by molar-refractivity contribution is 0.795. The number of guanidine groups is 1. The minimum absolute atomic E-state index is 0. The van der Waals surface area contributed by atoms with E-state index in [0.29, 0.717) is 6.54 Å². The van der Waals surface area contributed by atoms with Gasteiger partial charge in [0.1, 0.15) is 5.65 Å². The predicted molar refractivity (Wildman–Crippen MR) is 118 cm³/mol. The molecule has 0 atom stereocenters. The maximum Gasteiger partial charge on any atom is 0.191 e. The number of nitrogens with zero attached hydrogens (tertiary/aromatic N) is 3. The first kappa shape index (κ1) is 20.2. The van der Waals surface area contributed by atoms with Gasteiger partial charge in [0.2, 0.25) is 0 Å². The molecule has 3 aromatic rings. The number of nitrogens with one attached hydrogen (secondary N) is 2. The van der Waals surface area contributed by atoms with E-state index in [2.05, 4.69) is 58.0 Å². The van der Waals surface area contributed by atoms with Gasteiger partial charge in [-0.25, -0.2) is 4.98 Å². The molecule has 2 N–H and O–H groups in total. The van der Waals surface area contributed by atoms with Crippen LogP contribution in [0.2, 0.25) is 0 Å². The van der Waals surface area contributed by atoms with Crippen molar-refractivity contribution in [3.05, 3.63) is 72.2 Å². The van der Waals surface area contributed by atoms with Crippen LogP contribution in [0.5, 0.6) is 0 Å². The van der Waals surface area contributed by atoms with Gasteiger partial charge in [-0.15, -0.1) is 24.0 Å². The zero-order chi connectivity index (χ0) is 17.3. The van der Waals surface area contributed by atoms with Crippen LogP contribution >= 0.6 is 24.0 Å². The standard InChI is InChI=1S/C20H25N5.HI/c1-2-21-20(22-13-11-17-8-4-3-5-9-17)23-14-12-18-16-25-15-7-6-10-19(25)24-18;/h3-10,15-16H,2,11-14H2,1H3,(H2,21,22,23);1H. The number of fused-ring (bicyclic) bond motifs is 1. The first-order valence-corrected chi connectivity index (χ1v) is 8.84. The fraction of sp³-hybridized carbons (Fsp3) is 0.300. The molecule has 0 amide bonds. The molecule has 0 spiro atoms. The summed E-state index contributed by atoms with van der Waals surface area (Å²) in [7, 11) is 0. The summed E-state index contributed by atoms with van der Waals surface area (Å²) in [4.78, 5) is 9.27. The number of rotatable bonds is 7. The molecule has 2 heterocycles. The largest absolute Gasteiger partial charge is 0.357 e. The molecule has 0 aliphatic rings. The fourth-order valence-corrected chi connectivity index (χ4v) is 2.70. The molecule has 0 bridgehead atoms. The van der Waals surface area contributed by atoms with Gasteiger partial charge >= 0.3 is 0 Å². The highest BCUT2D eigenvalue weighted by Crippen LogP contribution is 2.05. The van der Waals surface area contributed by atoms with E-state index in [9.17, 15) is 0 Å². The number of imidazole rings is 1. The van der Waals surface area contributed by atoms with Crippen molar-refractivity contribution >= 4 is 35.6 Å². The van der Waals surface area contributed by atoms with E-state index in [1.807, 2.05) is 34.9 Å². The Balaban J connectivity index is 0.00000243. The van der Waals surface area contributed by atoms with Gasteiger partial charge in [-0.3, -0.25) is 4.99 Å². The number of hydrogen-bond acceptors (Lipinski definition) is 2. The van der Waals surface area contributed by atoms with E-state index in [-0.39, 0.29) is 24.0 Å². The molecule has 0 saturated carbocycles. The first-order chi connectivity index (χ1) is 12.3. The smallest absolute Gasteiger partial charge is 0.191 e. The van der Waals surface area contributed by atoms with Gasteiger partial charge in [0.05, 0.1) is 5.69 Å². The fourth-order valence-electron chi connectivity index (χ4n) is 2.70. The summed E-state index contributed by atoms with van der Waals surface area (Å²) in [5.41, 5.74) is 3.38. The number of aliphatic imine (C=N–C) groups is 1. The molecule has 26 heavy (non-hydrogen) atoms. The third-order valence-electron chi connectivity index (χ3n) is 3.94. The lowest BCUT2D eigenvalue weighted by Gasteiger charge is -2.11. The molecule has 0 unspecified atom stereocenters. The Labute approximate surface area is 172 Å². The molecule has 0 saturated heterocycles. The van der Waals surface area contributed by atoms with Crippen molar-refractivity contribution < 1.29 is 0 Å². The maximum absolute atomic E-state index is 4.66. The summed E-state index contributed by atoms with van der Waals surface area (Å²) < 4.78 is 2.04. The van der Waals surface area contributed by atoms with Gasteiger partial charge in [0.25, 0.3) is 0 Å². The molecule has 3 rings (SSSR count). The molecule has 0 aliphatic heterocycles. The molecule has 6 heteroatoms. The Hall–Kier alpha value is -2.09. The van der Waals surface area contributed by atoms with Crippen molar-refractivity contribution in [1.82, 2.24) is 20.0 Å². The van der Waals surface area contributed by atoms with Crippen LogP contribution in [0.25, 0.3) is 5.65 Å². The Bertz CT molecular complexity index is 780. The van der Waals surface area contributed by atoms with Crippen LogP contribution in [0.3, 0.4) is 0 Å². The van der Waals surface area contributed by atoms with Crippen LogP contribution in [0.15, 0.2) is 65.9 Å². The van der Waals surface area contributed by atoms with Crippen LogP contribution < -0.4 is 10.6 Å². The van der Waals surface area contributed by atoms with Gasteiger partial charge in [-0.05, 0) is 31.0 Å². The van der Waals surface area contributed by atoms with E-state index < -0.39 is 0 Å². The van der Waals surface area contributed by atoms with E-state index in [1.165, 1.54) is 5.56 Å². The average Bonchev–Trinajstić information content (AvgIpc) is 3.05. The van der Waals surface area contributed by atoms with E-state index in [0.717, 1.165) is 43.2 Å². The van der Waals surface area contributed by atoms with E-state index >= 15 is 0 Å². The third kappa shape index (κ3) is 6.01. The van der Waals surface area contributed by atoms with Crippen molar-refractivity contribution in [2.75, 3.05) is 19.6 Å². The van der Waals surface area contributed by atoms with Gasteiger partial charge in [-0.1, -0.05) is 36.4 Å². The molecular weight excluding hydrogens is 437 g/mol. The minimum Gasteiger partial charge on any atom is -0.357 e. The van der Waals surface area contributed by atoms with Crippen molar-refractivity contribution in [2.24, 2.45) is 4.99 Å². The van der Waals surface area contributed by atoms with E-state index in [4.69, 9.17) is 0 Å². The Morgan fingerprint density at radius 3 is 2.62 bits per heavy atom. The zero-order valence-electron chi connectivity index (χ0n) is 15.1. The molecular formula is C20H26IN5. The second-order valence-corrected chi connectivity index (χ2v) is 5.87. The quantitative estimate of drug-likeness (QED) is 0.321. The summed E-state index contributed by atoms with van der Waals surface area (Å²) in [5.74, 6) is 0.863. The number of halogens is 1. The highest BCUT2D eigenvalue weighted by atomic mass is 127. The normalized spacial score (nSPS) is 11.2. The van der Waals surface area contributed by atoms with Crippen LogP contribution in [0.4, 0.5) is 0 Å². The van der Waals surface area contributed by atoms with Gasteiger partial charge in [0.15, 0.2) is 5.96 Å². The number of benzene rings is 1. The van der Waals surface area contributed by atoms with Crippen molar-refractivity contribution in [3.63, 3.8) is 0 Å². The van der Waals surface area contributed by atoms with Crippen LogP contribution in [-0.2, 0) is 12.8 Å². The first-order valence-electron chi connectivity index (χ1n) is 8.84. The molecule has 138 valence electrons. The highest BCUT2D eigenvalue weighted by molar-refractivity contribution is 14.0. The van der Waals surface area contributed by atoms with E-state index in [1.54, 1.807) is 0 Å². The van der Waals surface area contributed by atoms with Crippen molar-refractivity contribution in [2.45, 2.75) is 19.8 Å². The monoisotopic (exact) mass is 463 g/mol. The Morgan fingerprint density at radius 1 is 1.04 bits per heavy atom. The van der Waals surface area contributed by atoms with Gasteiger partial charge < -0.3 is 15.0 Å². The molecule has 2 aromatic heterocycles. The highest BCUT2D eigenvalue weighted by Gasteiger charge is 2.01. The minimum atomic E-state index is 0. The topological polar surface area (TPSA) is 53.7 Å². The summed E-state index contributed by atoms with van der Waals surface area (Å²) in [6, 6.07) is 16.5. The summed E-state index contributed by atoms with van der Waals surface area (Å²) in [6.45, 7) is 4.51. The summed E-state index contributed by atoms with van der Waals surface area (Å²) in [5, 5.41) is 6.69. The number of hydrogen-bond donors (Lipinski definition) is 2. The number of pyridine rings is 1. The lowest BCUT2D eigenvalue weighted by atomic mass is 10.1. The second-order valence-electron chi connectivity index (χ2n) is 5.87. The average molecular weight is 463 g/mol. The lowest BCUT2D eigenvalue weighted by Crippen LogP contribution is -2.38. The number of aromatic nitrogens is 2. The molecule has 0 aliphatic carbocycles. The van der Waals surface area contributed by atoms with Crippen LogP contribution in [0, 0.1) is 0 Å². The molecule has 0 radical (unpaired) electrons. The maximum atomic E-state index is 4.66. The molecule has 0 fully saturated rings. The molecule has 5 nitrogen and oxygen atoms in total. The molecule has 1 aromatic carbocycles. The van der Waals surface area contributed by atoms with Crippen LogP contribution in [0.1, 0.15) is 18.2 Å². The van der Waals surface area contributed by atoms with Crippen molar-refractivity contribution in [1.29, 1.82) is 0 Å². The Morgan fingerprint density at radius 2 is 1.85 bits per heavy atom. The SMILES string of the molecule is CCNC(=NCCc1cn2ccccc2n1)NCCc1ccccc1.I. The Kier molecular flexibility index (Phi) is 8.40. The zero-order valence-corrected chi connectivity index (χ0v) is 17.4. The van der Waals surface area contributed by atoms with Crippen molar-refractivity contribution in [3.8, 4) is 0 Å². The summed E-state index contributed by atoms with van der Waals surface area (Å²) >= 11 is 0. The summed E-state index contributed by atoms with van der Waals surface area (Å²) in [6.07, 6.45) is 5.90. The third-order valence-corrected chi connectivity index (χ3v) is 3.94. The predicted octanol–water partition coefficient (Wildman–Crippen LogP) is 3.29.